The summed E-state index contributed by atoms with van der Waals surface area (Å²) >= 11 is 0. The number of amides is 4. The van der Waals surface area contributed by atoms with Gasteiger partial charge >= 0.3 is 6.03 Å². The summed E-state index contributed by atoms with van der Waals surface area (Å²) < 4.78 is 7.20. The van der Waals surface area contributed by atoms with Gasteiger partial charge in [-0.2, -0.15) is 0 Å². The average Bonchev–Trinajstić information content (AvgIpc) is 2.90. The first kappa shape index (κ1) is 17.5. The van der Waals surface area contributed by atoms with E-state index in [4.69, 9.17) is 4.74 Å². The quantitative estimate of drug-likeness (QED) is 0.678. The zero-order valence-corrected chi connectivity index (χ0v) is 15.0. The van der Waals surface area contributed by atoms with E-state index in [0.29, 0.717) is 0 Å². The summed E-state index contributed by atoms with van der Waals surface area (Å²) in [7, 11) is 2.94. The molecule has 0 unspecified atom stereocenters. The maximum Gasteiger partial charge on any atom is 0.331 e. The Kier molecular flexibility index (Phi) is 4.38. The fourth-order valence-electron chi connectivity index (χ4n) is 2.96. The molecule has 0 spiro atoms. The van der Waals surface area contributed by atoms with Crippen LogP contribution < -0.4 is 10.1 Å². The Morgan fingerprint density at radius 2 is 1.73 bits per heavy atom. The van der Waals surface area contributed by atoms with Crippen molar-refractivity contribution in [3.8, 4) is 11.4 Å². The molecule has 1 saturated heterocycles. The Hall–Kier alpha value is -3.35. The van der Waals surface area contributed by atoms with Crippen LogP contribution in [0.5, 0.6) is 5.75 Å². The highest BCUT2D eigenvalue weighted by Crippen LogP contribution is 2.25. The minimum absolute atomic E-state index is 0.0675. The number of imide groups is 2. The van der Waals surface area contributed by atoms with Crippen molar-refractivity contribution in [1.29, 1.82) is 0 Å². The van der Waals surface area contributed by atoms with Crippen LogP contribution in [0.2, 0.25) is 0 Å². The maximum atomic E-state index is 12.2. The van der Waals surface area contributed by atoms with Crippen molar-refractivity contribution in [2.24, 2.45) is 0 Å². The van der Waals surface area contributed by atoms with Crippen LogP contribution in [0.15, 0.2) is 35.9 Å². The van der Waals surface area contributed by atoms with E-state index in [1.54, 1.807) is 7.11 Å². The highest BCUT2D eigenvalue weighted by molar-refractivity contribution is 6.30. The van der Waals surface area contributed by atoms with Crippen LogP contribution in [0.3, 0.4) is 0 Å². The molecule has 0 atom stereocenters. The van der Waals surface area contributed by atoms with E-state index in [2.05, 4.69) is 5.32 Å². The Balaban J connectivity index is 2.03. The lowest BCUT2D eigenvalue weighted by atomic mass is 10.1. The number of urea groups is 1. The Morgan fingerprint density at radius 3 is 2.35 bits per heavy atom. The van der Waals surface area contributed by atoms with E-state index < -0.39 is 17.8 Å². The molecular formula is C19H19N3O4. The molecular weight excluding hydrogens is 334 g/mol. The summed E-state index contributed by atoms with van der Waals surface area (Å²) in [5.41, 5.74) is 3.44. The minimum Gasteiger partial charge on any atom is -0.497 e. The lowest BCUT2D eigenvalue weighted by Crippen LogP contribution is -2.52. The zero-order chi connectivity index (χ0) is 19.0. The van der Waals surface area contributed by atoms with Gasteiger partial charge in [0.2, 0.25) is 0 Å². The van der Waals surface area contributed by atoms with Crippen LogP contribution in [-0.4, -0.2) is 41.5 Å². The summed E-state index contributed by atoms with van der Waals surface area (Å²) in [4.78, 5) is 36.7. The second-order valence-corrected chi connectivity index (χ2v) is 6.04. The molecule has 7 nitrogen and oxygen atoms in total. The lowest BCUT2D eigenvalue weighted by molar-refractivity contribution is -0.129. The number of rotatable bonds is 3. The fourth-order valence-corrected chi connectivity index (χ4v) is 2.96. The normalized spacial score (nSPS) is 16.2. The van der Waals surface area contributed by atoms with Gasteiger partial charge in [0.15, 0.2) is 0 Å². The van der Waals surface area contributed by atoms with Gasteiger partial charge in [0.05, 0.1) is 7.11 Å². The van der Waals surface area contributed by atoms with Gasteiger partial charge in [-0.15, -0.1) is 0 Å². The summed E-state index contributed by atoms with van der Waals surface area (Å²) in [5.74, 6) is -0.545. The Bertz CT molecular complexity index is 938. The molecule has 3 rings (SSSR count). The Labute approximate surface area is 150 Å². The van der Waals surface area contributed by atoms with Crippen LogP contribution in [-0.2, 0) is 9.59 Å². The summed E-state index contributed by atoms with van der Waals surface area (Å²) in [6, 6.07) is 8.77. The molecule has 1 aromatic carbocycles. The maximum absolute atomic E-state index is 12.2. The van der Waals surface area contributed by atoms with E-state index in [9.17, 15) is 14.4 Å². The number of aryl methyl sites for hydroxylation is 1. The predicted molar refractivity (Wildman–Crippen MR) is 96.1 cm³/mol. The van der Waals surface area contributed by atoms with Crippen molar-refractivity contribution >= 4 is 23.9 Å². The molecule has 134 valence electrons. The monoisotopic (exact) mass is 353 g/mol. The second-order valence-electron chi connectivity index (χ2n) is 6.04. The van der Waals surface area contributed by atoms with Gasteiger partial charge in [-0.3, -0.25) is 19.8 Å². The molecule has 0 saturated carbocycles. The van der Waals surface area contributed by atoms with Gasteiger partial charge in [0.1, 0.15) is 11.3 Å². The third-order valence-corrected chi connectivity index (χ3v) is 4.41. The van der Waals surface area contributed by atoms with Gasteiger partial charge in [0.25, 0.3) is 11.8 Å². The van der Waals surface area contributed by atoms with Crippen molar-refractivity contribution in [3.05, 3.63) is 52.9 Å². The smallest absolute Gasteiger partial charge is 0.331 e. The first-order chi connectivity index (χ1) is 12.3. The summed E-state index contributed by atoms with van der Waals surface area (Å²) in [6.45, 7) is 3.85. The number of carbonyl (C=O) groups is 3. The minimum atomic E-state index is -0.721. The molecule has 2 aromatic rings. The SMILES string of the molecule is COc1ccc(-n2c(C)cc(/C=C3/C(=O)NC(=O)N(C)C3=O)c2C)cc1. The van der Waals surface area contributed by atoms with Gasteiger partial charge in [0, 0.05) is 24.1 Å². The van der Waals surface area contributed by atoms with Gasteiger partial charge < -0.3 is 9.30 Å². The van der Waals surface area contributed by atoms with Crippen LogP contribution in [0.4, 0.5) is 4.79 Å². The van der Waals surface area contributed by atoms with Gasteiger partial charge in [-0.1, -0.05) is 0 Å². The largest absolute Gasteiger partial charge is 0.497 e. The van der Waals surface area contributed by atoms with E-state index in [0.717, 1.165) is 33.3 Å². The standard InChI is InChI=1S/C19H19N3O4/c1-11-9-13(10-16-17(23)20-19(25)21(3)18(16)24)12(2)22(11)14-5-7-15(26-4)8-6-14/h5-10H,1-4H3,(H,20,23,25)/b16-10-. The van der Waals surface area contributed by atoms with Crippen LogP contribution in [0.25, 0.3) is 11.8 Å². The number of ether oxygens (including phenoxy) is 1. The number of hydrogen-bond donors (Lipinski definition) is 1. The third kappa shape index (κ3) is 2.88. The summed E-state index contributed by atoms with van der Waals surface area (Å²) in [6.07, 6.45) is 1.52. The molecule has 1 aliphatic rings. The van der Waals surface area contributed by atoms with E-state index in [1.807, 2.05) is 48.7 Å². The molecule has 1 N–H and O–H groups in total. The number of benzene rings is 1. The molecule has 2 heterocycles. The number of nitrogens with zero attached hydrogens (tertiary/aromatic N) is 2. The van der Waals surface area contributed by atoms with Crippen molar-refractivity contribution in [2.75, 3.05) is 14.2 Å². The fraction of sp³-hybridized carbons (Fsp3) is 0.211. The second kappa shape index (κ2) is 6.51. The van der Waals surface area contributed by atoms with Gasteiger partial charge in [-0.05, 0) is 55.8 Å². The number of nitrogens with one attached hydrogen (secondary N) is 1. The number of aromatic nitrogens is 1. The number of hydrogen-bond acceptors (Lipinski definition) is 4. The molecule has 4 amide bonds. The van der Waals surface area contributed by atoms with Crippen LogP contribution in [0, 0.1) is 13.8 Å². The first-order valence-corrected chi connectivity index (χ1v) is 8.02. The molecule has 1 aromatic heterocycles. The Morgan fingerprint density at radius 1 is 1.08 bits per heavy atom. The first-order valence-electron chi connectivity index (χ1n) is 8.02. The molecule has 1 aliphatic heterocycles. The van der Waals surface area contributed by atoms with Crippen molar-refractivity contribution in [1.82, 2.24) is 14.8 Å². The van der Waals surface area contributed by atoms with Crippen molar-refractivity contribution in [3.63, 3.8) is 0 Å². The molecule has 0 aliphatic carbocycles. The van der Waals surface area contributed by atoms with E-state index >= 15 is 0 Å². The molecule has 0 bridgehead atoms. The van der Waals surface area contributed by atoms with E-state index in [-0.39, 0.29) is 5.57 Å². The third-order valence-electron chi connectivity index (χ3n) is 4.41. The molecule has 26 heavy (non-hydrogen) atoms. The molecule has 0 radical (unpaired) electrons. The highest BCUT2D eigenvalue weighted by Gasteiger charge is 2.33. The van der Waals surface area contributed by atoms with Gasteiger partial charge in [-0.25, -0.2) is 4.79 Å². The predicted octanol–water partition coefficient (Wildman–Crippen LogP) is 2.19. The lowest BCUT2D eigenvalue weighted by Gasteiger charge is -2.22. The zero-order valence-electron chi connectivity index (χ0n) is 15.0. The van der Waals surface area contributed by atoms with Crippen LogP contribution in [0.1, 0.15) is 17.0 Å². The molecule has 7 heteroatoms. The topological polar surface area (TPSA) is 80.6 Å². The van der Waals surface area contributed by atoms with Crippen molar-refractivity contribution < 1.29 is 19.1 Å². The highest BCUT2D eigenvalue weighted by atomic mass is 16.5. The number of likely N-dealkylation sites (N-methyl/N-ethyl adjacent to an activating group) is 1. The van der Waals surface area contributed by atoms with E-state index in [1.165, 1.54) is 13.1 Å². The average molecular weight is 353 g/mol. The number of barbiturate groups is 1. The molecule has 1 fully saturated rings. The number of carbonyl (C=O) groups excluding carboxylic acids is 3. The number of methoxy groups -OCH3 is 1. The van der Waals surface area contributed by atoms with Crippen LogP contribution >= 0.6 is 0 Å². The van der Waals surface area contributed by atoms with Crippen molar-refractivity contribution in [2.45, 2.75) is 13.8 Å². The summed E-state index contributed by atoms with van der Waals surface area (Å²) in [5, 5.41) is 2.15.